The van der Waals surface area contributed by atoms with Crippen LogP contribution in [0.2, 0.25) is 0 Å². The van der Waals surface area contributed by atoms with E-state index in [4.69, 9.17) is 9.40 Å². The van der Waals surface area contributed by atoms with Crippen molar-refractivity contribution in [2.75, 3.05) is 0 Å². The number of benzene rings is 3. The third kappa shape index (κ3) is 2.60. The quantitative estimate of drug-likeness (QED) is 0.317. The Morgan fingerprint density at radius 1 is 0.700 bits per heavy atom. The summed E-state index contributed by atoms with van der Waals surface area (Å²) in [5.41, 5.74) is 7.29. The molecule has 6 aromatic rings. The van der Waals surface area contributed by atoms with Crippen molar-refractivity contribution in [3.05, 3.63) is 97.0 Å². The first-order chi connectivity index (χ1) is 14.8. The highest BCUT2D eigenvalue weighted by molar-refractivity contribution is 6.09. The number of pyridine rings is 2. The molecule has 0 fully saturated rings. The molecule has 142 valence electrons. The molecule has 3 nitrogen and oxygen atoms in total. The Bertz CT molecular complexity index is 1560. The van der Waals surface area contributed by atoms with Gasteiger partial charge in [-0.2, -0.15) is 0 Å². The van der Waals surface area contributed by atoms with Gasteiger partial charge < -0.3 is 4.42 Å². The Hall–Kier alpha value is -3.98. The summed E-state index contributed by atoms with van der Waals surface area (Å²) in [5, 5.41) is 4.61. The van der Waals surface area contributed by atoms with Crippen molar-refractivity contribution in [1.82, 2.24) is 9.97 Å². The van der Waals surface area contributed by atoms with Gasteiger partial charge in [-0.1, -0.05) is 36.4 Å². The van der Waals surface area contributed by atoms with Crippen LogP contribution in [0, 0.1) is 6.92 Å². The first-order valence-corrected chi connectivity index (χ1v) is 9.99. The van der Waals surface area contributed by atoms with E-state index < -0.39 is 0 Å². The van der Waals surface area contributed by atoms with E-state index in [9.17, 15) is 0 Å². The Morgan fingerprint density at radius 3 is 2.57 bits per heavy atom. The molecule has 30 heavy (non-hydrogen) atoms. The molecule has 0 aliphatic carbocycles. The van der Waals surface area contributed by atoms with Crippen molar-refractivity contribution in [3.63, 3.8) is 0 Å². The molecule has 0 saturated heterocycles. The fourth-order valence-electron chi connectivity index (χ4n) is 4.30. The van der Waals surface area contributed by atoms with Crippen LogP contribution >= 0.6 is 0 Å². The summed E-state index contributed by atoms with van der Waals surface area (Å²) in [6.45, 7) is 2.17. The molecule has 3 aromatic heterocycles. The zero-order chi connectivity index (χ0) is 20.1. The van der Waals surface area contributed by atoms with Crippen LogP contribution in [0.4, 0.5) is 0 Å². The number of hydrogen-bond donors (Lipinski definition) is 0. The smallest absolute Gasteiger partial charge is 0.160 e. The standard InChI is InChI=1S/C27H18N2O/c1-17-13-21(14-19-5-2-3-6-22(17)19)18-8-11-28-25(16-18)24-15-20-9-12-30-27(20)26-23(24)7-4-10-29-26/h2-16H,1H3. The SMILES string of the molecule is Cc1cc(-c2ccnc(-c3cc4ccoc4c4ncccc34)c2)cc2ccccc12. The number of furan rings is 1. The number of fused-ring (bicyclic) bond motifs is 4. The fourth-order valence-corrected chi connectivity index (χ4v) is 4.30. The van der Waals surface area contributed by atoms with E-state index in [2.05, 4.69) is 72.6 Å². The van der Waals surface area contributed by atoms with Crippen LogP contribution in [0.15, 0.2) is 95.9 Å². The molecule has 0 aliphatic rings. The van der Waals surface area contributed by atoms with E-state index in [1.165, 1.54) is 21.9 Å². The lowest BCUT2D eigenvalue weighted by atomic mass is 9.96. The predicted octanol–water partition coefficient (Wildman–Crippen LogP) is 7.17. The van der Waals surface area contributed by atoms with Crippen LogP contribution in [-0.2, 0) is 0 Å². The van der Waals surface area contributed by atoms with Crippen LogP contribution in [0.3, 0.4) is 0 Å². The molecule has 0 N–H and O–H groups in total. The lowest BCUT2D eigenvalue weighted by Crippen LogP contribution is -1.90. The lowest BCUT2D eigenvalue weighted by molar-refractivity contribution is 0.618. The van der Waals surface area contributed by atoms with Gasteiger partial charge in [-0.05, 0) is 70.8 Å². The molecule has 0 unspecified atom stereocenters. The summed E-state index contributed by atoms with van der Waals surface area (Å²) >= 11 is 0. The van der Waals surface area contributed by atoms with Crippen molar-refractivity contribution < 1.29 is 4.42 Å². The maximum absolute atomic E-state index is 5.69. The van der Waals surface area contributed by atoms with Gasteiger partial charge in [0.2, 0.25) is 0 Å². The van der Waals surface area contributed by atoms with Gasteiger partial charge in [0.05, 0.1) is 12.0 Å². The van der Waals surface area contributed by atoms with Crippen molar-refractivity contribution in [2.45, 2.75) is 6.92 Å². The number of rotatable bonds is 2. The second-order valence-corrected chi connectivity index (χ2v) is 7.61. The average molecular weight is 386 g/mol. The highest BCUT2D eigenvalue weighted by Crippen LogP contribution is 2.35. The van der Waals surface area contributed by atoms with E-state index in [0.717, 1.165) is 38.7 Å². The van der Waals surface area contributed by atoms with Gasteiger partial charge in [-0.3, -0.25) is 9.97 Å². The zero-order valence-electron chi connectivity index (χ0n) is 16.5. The van der Waals surface area contributed by atoms with Gasteiger partial charge in [0, 0.05) is 28.7 Å². The molecule has 0 atom stereocenters. The normalized spacial score (nSPS) is 11.5. The van der Waals surface area contributed by atoms with Crippen LogP contribution < -0.4 is 0 Å². The summed E-state index contributed by atoms with van der Waals surface area (Å²) in [6, 6.07) is 25.4. The molecule has 0 aliphatic heterocycles. The summed E-state index contributed by atoms with van der Waals surface area (Å²) in [7, 11) is 0. The minimum absolute atomic E-state index is 0.815. The summed E-state index contributed by atoms with van der Waals surface area (Å²) in [4.78, 5) is 9.28. The van der Waals surface area contributed by atoms with E-state index in [0.29, 0.717) is 0 Å². The van der Waals surface area contributed by atoms with E-state index >= 15 is 0 Å². The third-order valence-electron chi connectivity index (χ3n) is 5.75. The molecular formula is C27H18N2O. The Balaban J connectivity index is 1.57. The second-order valence-electron chi connectivity index (χ2n) is 7.61. The van der Waals surface area contributed by atoms with Gasteiger partial charge in [-0.25, -0.2) is 0 Å². The fraction of sp³-hybridized carbons (Fsp3) is 0.0370. The maximum Gasteiger partial charge on any atom is 0.160 e. The summed E-state index contributed by atoms with van der Waals surface area (Å²) < 4.78 is 5.69. The predicted molar refractivity (Wildman–Crippen MR) is 122 cm³/mol. The summed E-state index contributed by atoms with van der Waals surface area (Å²) in [6.07, 6.45) is 5.40. The Morgan fingerprint density at radius 2 is 1.60 bits per heavy atom. The highest BCUT2D eigenvalue weighted by Gasteiger charge is 2.13. The van der Waals surface area contributed by atoms with Crippen LogP contribution in [0.5, 0.6) is 0 Å². The minimum atomic E-state index is 0.815. The average Bonchev–Trinajstić information content (AvgIpc) is 3.28. The van der Waals surface area contributed by atoms with Gasteiger partial charge in [0.15, 0.2) is 5.58 Å². The van der Waals surface area contributed by atoms with E-state index in [-0.39, 0.29) is 0 Å². The van der Waals surface area contributed by atoms with Crippen LogP contribution in [0.25, 0.3) is 55.0 Å². The highest BCUT2D eigenvalue weighted by atomic mass is 16.3. The molecule has 0 bridgehead atoms. The van der Waals surface area contributed by atoms with Crippen molar-refractivity contribution in [3.8, 4) is 22.4 Å². The van der Waals surface area contributed by atoms with Crippen LogP contribution in [0.1, 0.15) is 5.56 Å². The molecule has 0 amide bonds. The van der Waals surface area contributed by atoms with Crippen molar-refractivity contribution in [2.24, 2.45) is 0 Å². The van der Waals surface area contributed by atoms with Gasteiger partial charge in [-0.15, -0.1) is 0 Å². The summed E-state index contributed by atoms with van der Waals surface area (Å²) in [5.74, 6) is 0. The number of aryl methyl sites for hydroxylation is 1. The third-order valence-corrected chi connectivity index (χ3v) is 5.75. The molecule has 3 aromatic carbocycles. The monoisotopic (exact) mass is 386 g/mol. The largest absolute Gasteiger partial charge is 0.462 e. The van der Waals surface area contributed by atoms with Crippen molar-refractivity contribution in [1.29, 1.82) is 0 Å². The molecule has 3 heterocycles. The topological polar surface area (TPSA) is 38.9 Å². The zero-order valence-corrected chi connectivity index (χ0v) is 16.5. The lowest BCUT2D eigenvalue weighted by Gasteiger charge is -2.10. The molecule has 0 radical (unpaired) electrons. The van der Waals surface area contributed by atoms with Gasteiger partial charge >= 0.3 is 0 Å². The molecule has 6 rings (SSSR count). The molecule has 0 saturated carbocycles. The van der Waals surface area contributed by atoms with E-state index in [1.54, 1.807) is 12.5 Å². The van der Waals surface area contributed by atoms with Gasteiger partial charge in [0.1, 0.15) is 5.52 Å². The number of aromatic nitrogens is 2. The molecule has 0 spiro atoms. The van der Waals surface area contributed by atoms with E-state index in [1.807, 2.05) is 18.3 Å². The minimum Gasteiger partial charge on any atom is -0.462 e. The second kappa shape index (κ2) is 6.53. The Labute approximate surface area is 173 Å². The molecule has 3 heteroatoms. The number of hydrogen-bond acceptors (Lipinski definition) is 3. The molecular weight excluding hydrogens is 368 g/mol. The first kappa shape index (κ1) is 16.9. The van der Waals surface area contributed by atoms with Gasteiger partial charge in [0.25, 0.3) is 0 Å². The first-order valence-electron chi connectivity index (χ1n) is 9.99. The van der Waals surface area contributed by atoms with Crippen molar-refractivity contribution >= 4 is 32.6 Å². The Kier molecular flexibility index (Phi) is 3.68. The number of nitrogens with zero attached hydrogens (tertiary/aromatic N) is 2. The van der Waals surface area contributed by atoms with Crippen LogP contribution in [-0.4, -0.2) is 9.97 Å². The maximum atomic E-state index is 5.69.